The van der Waals surface area contributed by atoms with E-state index in [-0.39, 0.29) is 36.0 Å². The largest absolute Gasteiger partial charge is 0.396 e. The number of guanidine groups is 1. The van der Waals surface area contributed by atoms with Crippen LogP contribution >= 0.6 is 24.0 Å². The van der Waals surface area contributed by atoms with Crippen molar-refractivity contribution in [2.24, 2.45) is 21.7 Å². The topological polar surface area (TPSA) is 65.9 Å². The molecule has 0 amide bonds. The third kappa shape index (κ3) is 4.20. The molecule has 28 heavy (non-hydrogen) atoms. The quantitative estimate of drug-likeness (QED) is 0.292. The van der Waals surface area contributed by atoms with E-state index in [1.807, 2.05) is 0 Å². The maximum Gasteiger partial charge on any atom is 0.191 e. The number of halogens is 1. The molecule has 3 N–H and O–H groups in total. The first-order chi connectivity index (χ1) is 13.2. The fraction of sp³-hybridized carbons (Fsp3) is 0.955. The van der Waals surface area contributed by atoms with Crippen LogP contribution in [0.1, 0.15) is 77.6 Å². The number of ether oxygens (including phenoxy) is 1. The lowest BCUT2D eigenvalue weighted by molar-refractivity contribution is -0.125. The lowest BCUT2D eigenvalue weighted by Crippen LogP contribution is -2.69. The number of aliphatic imine (C=N–C) groups is 1. The van der Waals surface area contributed by atoms with Gasteiger partial charge in [0.2, 0.25) is 0 Å². The monoisotopic (exact) mass is 505 g/mol. The molecule has 1 spiro atoms. The van der Waals surface area contributed by atoms with Gasteiger partial charge in [0.1, 0.15) is 0 Å². The summed E-state index contributed by atoms with van der Waals surface area (Å²) in [5, 5.41) is 16.9. The highest BCUT2D eigenvalue weighted by atomic mass is 127. The van der Waals surface area contributed by atoms with Gasteiger partial charge in [0, 0.05) is 43.7 Å². The van der Waals surface area contributed by atoms with E-state index in [1.165, 1.54) is 64.2 Å². The highest BCUT2D eigenvalue weighted by Gasteiger charge is 2.65. The third-order valence-electron chi connectivity index (χ3n) is 8.05. The van der Waals surface area contributed by atoms with Crippen LogP contribution in [0.15, 0.2) is 4.99 Å². The van der Waals surface area contributed by atoms with Gasteiger partial charge in [-0.15, -0.1) is 24.0 Å². The number of hydrogen-bond acceptors (Lipinski definition) is 3. The predicted molar refractivity (Wildman–Crippen MR) is 124 cm³/mol. The number of aliphatic hydroxyl groups is 1. The highest BCUT2D eigenvalue weighted by molar-refractivity contribution is 14.0. The van der Waals surface area contributed by atoms with Gasteiger partial charge >= 0.3 is 0 Å². The van der Waals surface area contributed by atoms with E-state index >= 15 is 0 Å². The van der Waals surface area contributed by atoms with Gasteiger partial charge in [0.25, 0.3) is 0 Å². The first kappa shape index (κ1) is 22.6. The van der Waals surface area contributed by atoms with Crippen molar-refractivity contribution in [1.29, 1.82) is 0 Å². The summed E-state index contributed by atoms with van der Waals surface area (Å²) in [5.41, 5.74) is 0.560. The first-order valence-electron chi connectivity index (χ1n) is 11.5. The zero-order valence-electron chi connectivity index (χ0n) is 17.5. The highest BCUT2D eigenvalue weighted by Crippen LogP contribution is 2.60. The Morgan fingerprint density at radius 1 is 1.11 bits per heavy atom. The Labute approximate surface area is 187 Å². The molecule has 4 aliphatic rings. The normalized spacial score (nSPS) is 33.1. The number of nitrogens with zero attached hydrogens (tertiary/aromatic N) is 1. The van der Waals surface area contributed by atoms with Gasteiger partial charge in [0.15, 0.2) is 5.96 Å². The molecule has 3 atom stereocenters. The molecular formula is C22H40IN3O2. The Kier molecular flexibility index (Phi) is 7.93. The summed E-state index contributed by atoms with van der Waals surface area (Å²) < 4.78 is 6.14. The number of hydrogen-bond donors (Lipinski definition) is 3. The van der Waals surface area contributed by atoms with Gasteiger partial charge in [-0.05, 0) is 50.9 Å². The van der Waals surface area contributed by atoms with Crippen molar-refractivity contribution in [2.75, 3.05) is 26.3 Å². The Bertz CT molecular complexity index is 524. The molecule has 0 radical (unpaired) electrons. The average Bonchev–Trinajstić information content (AvgIpc) is 3.34. The van der Waals surface area contributed by atoms with Crippen LogP contribution in [0.3, 0.4) is 0 Å². The molecule has 4 rings (SSSR count). The van der Waals surface area contributed by atoms with Gasteiger partial charge in [0.05, 0.1) is 6.10 Å². The van der Waals surface area contributed by atoms with Gasteiger partial charge < -0.3 is 20.5 Å². The summed E-state index contributed by atoms with van der Waals surface area (Å²) in [5.74, 6) is 1.65. The van der Waals surface area contributed by atoms with Crippen molar-refractivity contribution in [3.8, 4) is 0 Å². The molecule has 0 bridgehead atoms. The minimum Gasteiger partial charge on any atom is -0.396 e. The zero-order valence-corrected chi connectivity index (χ0v) is 19.9. The molecule has 162 valence electrons. The second-order valence-corrected chi connectivity index (χ2v) is 9.54. The molecule has 1 saturated heterocycles. The van der Waals surface area contributed by atoms with Crippen molar-refractivity contribution in [3.63, 3.8) is 0 Å². The van der Waals surface area contributed by atoms with E-state index in [2.05, 4.69) is 17.6 Å². The van der Waals surface area contributed by atoms with Crippen LogP contribution in [0.25, 0.3) is 0 Å². The second kappa shape index (κ2) is 9.82. The van der Waals surface area contributed by atoms with Crippen LogP contribution in [0, 0.1) is 16.7 Å². The molecular weight excluding hydrogens is 465 g/mol. The van der Waals surface area contributed by atoms with Crippen molar-refractivity contribution in [2.45, 2.75) is 89.7 Å². The zero-order chi connectivity index (χ0) is 18.7. The SMILES string of the molecule is CCNC(=NCC1(CCO)CCCCC1)NC1C2CCOC2C12CCCC2.I. The molecule has 4 fully saturated rings. The molecule has 0 aromatic carbocycles. The van der Waals surface area contributed by atoms with Gasteiger partial charge in [-0.25, -0.2) is 0 Å². The molecule has 0 aromatic heterocycles. The Balaban J connectivity index is 0.00000225. The van der Waals surface area contributed by atoms with Crippen LogP contribution in [-0.4, -0.2) is 49.5 Å². The molecule has 3 aliphatic carbocycles. The fourth-order valence-electron chi connectivity index (χ4n) is 6.64. The minimum atomic E-state index is 0. The lowest BCUT2D eigenvalue weighted by atomic mass is 9.54. The number of nitrogens with one attached hydrogen (secondary N) is 2. The van der Waals surface area contributed by atoms with E-state index in [9.17, 15) is 5.11 Å². The molecule has 1 aliphatic heterocycles. The molecule has 0 aromatic rings. The van der Waals surface area contributed by atoms with Gasteiger partial charge in [-0.1, -0.05) is 32.1 Å². The standard InChI is InChI=1S/C22H39N3O2.HI/c1-2-23-20(24-16-21(13-14-26)9-4-3-5-10-21)25-18-17-8-15-27-19(17)22(18)11-6-7-12-22;/h17-19,26H,2-16H2,1H3,(H2,23,24,25);1H. The van der Waals surface area contributed by atoms with Crippen LogP contribution < -0.4 is 10.6 Å². The van der Waals surface area contributed by atoms with E-state index < -0.39 is 0 Å². The van der Waals surface area contributed by atoms with Crippen LogP contribution in [0.4, 0.5) is 0 Å². The molecule has 3 saturated carbocycles. The molecule has 3 unspecified atom stereocenters. The predicted octanol–water partition coefficient (Wildman–Crippen LogP) is 3.84. The Morgan fingerprint density at radius 2 is 1.82 bits per heavy atom. The second-order valence-electron chi connectivity index (χ2n) is 9.54. The minimum absolute atomic E-state index is 0. The molecule has 6 heteroatoms. The maximum absolute atomic E-state index is 9.59. The summed E-state index contributed by atoms with van der Waals surface area (Å²) in [6.45, 7) is 5.10. The summed E-state index contributed by atoms with van der Waals surface area (Å²) in [6.07, 6.45) is 14.2. The summed E-state index contributed by atoms with van der Waals surface area (Å²) in [6, 6.07) is 0.519. The Hall–Kier alpha value is -0.0800. The Morgan fingerprint density at radius 3 is 2.50 bits per heavy atom. The van der Waals surface area contributed by atoms with Crippen molar-refractivity contribution in [3.05, 3.63) is 0 Å². The van der Waals surface area contributed by atoms with Crippen LogP contribution in [0.2, 0.25) is 0 Å². The number of fused-ring (bicyclic) bond motifs is 2. The van der Waals surface area contributed by atoms with Crippen molar-refractivity contribution in [1.82, 2.24) is 10.6 Å². The van der Waals surface area contributed by atoms with Crippen molar-refractivity contribution < 1.29 is 9.84 Å². The number of aliphatic hydroxyl groups excluding tert-OH is 1. The summed E-state index contributed by atoms with van der Waals surface area (Å²) in [7, 11) is 0. The molecule has 1 heterocycles. The van der Waals surface area contributed by atoms with E-state index in [1.54, 1.807) is 0 Å². The molecule has 5 nitrogen and oxygen atoms in total. The fourth-order valence-corrected chi connectivity index (χ4v) is 6.64. The van der Waals surface area contributed by atoms with Gasteiger partial charge in [-0.2, -0.15) is 0 Å². The van der Waals surface area contributed by atoms with E-state index in [0.29, 0.717) is 23.5 Å². The summed E-state index contributed by atoms with van der Waals surface area (Å²) in [4.78, 5) is 5.06. The van der Waals surface area contributed by atoms with Gasteiger partial charge in [-0.3, -0.25) is 4.99 Å². The van der Waals surface area contributed by atoms with E-state index in [0.717, 1.165) is 32.1 Å². The number of rotatable bonds is 6. The average molecular weight is 505 g/mol. The summed E-state index contributed by atoms with van der Waals surface area (Å²) >= 11 is 0. The third-order valence-corrected chi connectivity index (χ3v) is 8.05. The van der Waals surface area contributed by atoms with Crippen LogP contribution in [0.5, 0.6) is 0 Å². The smallest absolute Gasteiger partial charge is 0.191 e. The lowest BCUT2D eigenvalue weighted by Gasteiger charge is -2.57. The first-order valence-corrected chi connectivity index (χ1v) is 11.5. The van der Waals surface area contributed by atoms with Crippen molar-refractivity contribution >= 4 is 29.9 Å². The maximum atomic E-state index is 9.59. The van der Waals surface area contributed by atoms with E-state index in [4.69, 9.17) is 9.73 Å². The van der Waals surface area contributed by atoms with Crippen LogP contribution in [-0.2, 0) is 4.74 Å².